The Hall–Kier alpha value is -4.31. The van der Waals surface area contributed by atoms with Crippen molar-refractivity contribution in [3.8, 4) is 17.2 Å². The maximum Gasteiger partial charge on any atom is 0.528 e. The largest absolute Gasteiger partial charge is 0.528 e. The molecule has 1 saturated heterocycles. The Labute approximate surface area is 283 Å². The highest BCUT2D eigenvalue weighted by Crippen LogP contribution is 2.38. The lowest BCUT2D eigenvalue weighted by molar-refractivity contribution is -0.179. The molecule has 0 bridgehead atoms. The molecule has 4 aromatic rings. The number of benzene rings is 4. The topological polar surface area (TPSA) is 84.9 Å². The van der Waals surface area contributed by atoms with E-state index in [0.717, 1.165) is 45.6 Å². The summed E-state index contributed by atoms with van der Waals surface area (Å²) in [4.78, 5) is 18.1. The molecular weight excluding hydrogens is 610 g/mol. The van der Waals surface area contributed by atoms with E-state index in [1.54, 1.807) is 19.3 Å². The number of fused-ring (bicyclic) bond motifs is 1. The van der Waals surface area contributed by atoms with E-state index in [1.807, 2.05) is 81.4 Å². The lowest BCUT2D eigenvalue weighted by atomic mass is 9.87. The van der Waals surface area contributed by atoms with Gasteiger partial charge in [-0.15, -0.1) is 5.06 Å². The summed E-state index contributed by atoms with van der Waals surface area (Å²) in [7, 11) is 3.33. The van der Waals surface area contributed by atoms with Gasteiger partial charge in [0.25, 0.3) is 0 Å². The van der Waals surface area contributed by atoms with Gasteiger partial charge < -0.3 is 33.3 Å². The number of rotatable bonds is 14. The third-order valence-electron chi connectivity index (χ3n) is 8.21. The lowest BCUT2D eigenvalue weighted by Gasteiger charge is -2.37. The number of methoxy groups -OCH3 is 2. The van der Waals surface area contributed by atoms with Gasteiger partial charge in [-0.05, 0) is 62.9 Å². The highest BCUT2D eigenvalue weighted by atomic mass is 16.8. The van der Waals surface area contributed by atoms with E-state index < -0.39 is 11.8 Å². The van der Waals surface area contributed by atoms with E-state index in [1.165, 1.54) is 5.56 Å². The molecule has 0 saturated carbocycles. The fourth-order valence-corrected chi connectivity index (χ4v) is 5.95. The molecule has 0 N–H and O–H groups in total. The molecule has 9 heteroatoms. The van der Waals surface area contributed by atoms with Crippen LogP contribution in [0.1, 0.15) is 49.8 Å². The smallest absolute Gasteiger partial charge is 0.496 e. The Morgan fingerprint density at radius 1 is 0.854 bits per heavy atom. The van der Waals surface area contributed by atoms with Crippen LogP contribution in [-0.2, 0) is 32.1 Å². The predicted molar refractivity (Wildman–Crippen MR) is 185 cm³/mol. The summed E-state index contributed by atoms with van der Waals surface area (Å²) < 4.78 is 35.4. The number of hydroxylamine groups is 2. The number of carbonyl (C=O) groups is 1. The standard InChI is InChI=1S/C39H47NO8/c1-39(2,3)47-38(41)48-40-21-19-32(29-15-17-31(18-16-29)45-24-23-44-22-20-28-11-7-6-8-12-28)36(26-40)46-27-30-25-35(42-4)33-13-9-10-14-34(33)37(30)43-5/h6-18,25,32,36H,19-24,26-27H2,1-5H3. The van der Waals surface area contributed by atoms with Crippen LogP contribution in [0.5, 0.6) is 17.2 Å². The van der Waals surface area contributed by atoms with Crippen LogP contribution in [-0.4, -0.2) is 70.1 Å². The second-order valence-corrected chi connectivity index (χ2v) is 12.8. The van der Waals surface area contributed by atoms with Gasteiger partial charge in [0.1, 0.15) is 29.5 Å². The number of hydrogen-bond donors (Lipinski definition) is 0. The fourth-order valence-electron chi connectivity index (χ4n) is 5.95. The molecule has 0 aliphatic carbocycles. The maximum absolute atomic E-state index is 12.5. The van der Waals surface area contributed by atoms with E-state index >= 15 is 0 Å². The van der Waals surface area contributed by atoms with Crippen molar-refractivity contribution in [2.45, 2.75) is 57.8 Å². The molecular formula is C39H47NO8. The number of ether oxygens (including phenoxy) is 6. The molecule has 1 aliphatic heterocycles. The van der Waals surface area contributed by atoms with Crippen LogP contribution in [0.15, 0.2) is 84.9 Å². The van der Waals surface area contributed by atoms with E-state index in [-0.39, 0.29) is 18.6 Å². The summed E-state index contributed by atoms with van der Waals surface area (Å²) in [5, 5.41) is 3.54. The lowest BCUT2D eigenvalue weighted by Crippen LogP contribution is -2.45. The zero-order valence-corrected chi connectivity index (χ0v) is 28.6. The molecule has 1 heterocycles. The second-order valence-electron chi connectivity index (χ2n) is 12.8. The van der Waals surface area contributed by atoms with Crippen molar-refractivity contribution in [2.24, 2.45) is 0 Å². The minimum atomic E-state index is -0.730. The molecule has 2 unspecified atom stereocenters. The Kier molecular flexibility index (Phi) is 12.2. The van der Waals surface area contributed by atoms with Gasteiger partial charge in [0, 0.05) is 28.8 Å². The van der Waals surface area contributed by atoms with Crippen LogP contribution < -0.4 is 14.2 Å². The summed E-state index contributed by atoms with van der Waals surface area (Å²) in [6.07, 6.45) is 0.558. The van der Waals surface area contributed by atoms with Gasteiger partial charge in [0.05, 0.1) is 46.7 Å². The minimum absolute atomic E-state index is 0.0483. The van der Waals surface area contributed by atoms with Crippen molar-refractivity contribution >= 4 is 16.9 Å². The van der Waals surface area contributed by atoms with Crippen molar-refractivity contribution in [3.05, 3.63) is 102 Å². The normalized spacial score (nSPS) is 16.8. The van der Waals surface area contributed by atoms with Crippen molar-refractivity contribution in [1.82, 2.24) is 5.06 Å². The van der Waals surface area contributed by atoms with Gasteiger partial charge in [-0.1, -0.05) is 66.7 Å². The van der Waals surface area contributed by atoms with Gasteiger partial charge in [-0.3, -0.25) is 0 Å². The highest BCUT2D eigenvalue weighted by molar-refractivity contribution is 5.94. The summed E-state index contributed by atoms with van der Waals surface area (Å²) in [5.74, 6) is 2.32. The molecule has 0 radical (unpaired) electrons. The van der Waals surface area contributed by atoms with Crippen LogP contribution >= 0.6 is 0 Å². The first-order valence-electron chi connectivity index (χ1n) is 16.5. The zero-order chi connectivity index (χ0) is 33.9. The van der Waals surface area contributed by atoms with E-state index in [4.69, 9.17) is 33.3 Å². The van der Waals surface area contributed by atoms with Gasteiger partial charge in [0.2, 0.25) is 0 Å². The van der Waals surface area contributed by atoms with Crippen LogP contribution in [0.3, 0.4) is 0 Å². The first-order valence-corrected chi connectivity index (χ1v) is 16.5. The average molecular weight is 658 g/mol. The molecule has 0 spiro atoms. The Balaban J connectivity index is 1.24. The van der Waals surface area contributed by atoms with E-state index in [0.29, 0.717) is 39.3 Å². The van der Waals surface area contributed by atoms with Gasteiger partial charge in [-0.25, -0.2) is 4.79 Å². The quantitative estimate of drug-likeness (QED) is 0.0999. The van der Waals surface area contributed by atoms with E-state index in [2.05, 4.69) is 24.3 Å². The molecule has 0 amide bonds. The molecule has 1 fully saturated rings. The van der Waals surface area contributed by atoms with Crippen molar-refractivity contribution in [2.75, 3.05) is 47.1 Å². The SMILES string of the molecule is COc1cc(COC2CN(OC(=O)OC(C)(C)C)CCC2c2ccc(OCCOCCc3ccccc3)cc2)c(OC)c2ccccc12. The average Bonchev–Trinajstić information content (AvgIpc) is 3.08. The summed E-state index contributed by atoms with van der Waals surface area (Å²) in [6, 6.07) is 28.4. The summed E-state index contributed by atoms with van der Waals surface area (Å²) in [5.41, 5.74) is 2.59. The van der Waals surface area contributed by atoms with Crippen LogP contribution in [0.25, 0.3) is 10.8 Å². The molecule has 48 heavy (non-hydrogen) atoms. The van der Waals surface area contributed by atoms with Gasteiger partial charge >= 0.3 is 6.16 Å². The highest BCUT2D eigenvalue weighted by Gasteiger charge is 2.34. The van der Waals surface area contributed by atoms with Crippen LogP contribution in [0, 0.1) is 0 Å². The molecule has 2 atom stereocenters. The van der Waals surface area contributed by atoms with Gasteiger partial charge in [0.15, 0.2) is 0 Å². The minimum Gasteiger partial charge on any atom is -0.496 e. The maximum atomic E-state index is 12.5. The molecule has 9 nitrogen and oxygen atoms in total. The third-order valence-corrected chi connectivity index (χ3v) is 8.21. The Morgan fingerprint density at radius 2 is 1.58 bits per heavy atom. The zero-order valence-electron chi connectivity index (χ0n) is 28.6. The van der Waals surface area contributed by atoms with Crippen LogP contribution in [0.2, 0.25) is 0 Å². The summed E-state index contributed by atoms with van der Waals surface area (Å²) >= 11 is 0. The van der Waals surface area contributed by atoms with E-state index in [9.17, 15) is 4.79 Å². The monoisotopic (exact) mass is 657 g/mol. The molecule has 256 valence electrons. The molecule has 4 aromatic carbocycles. The number of piperidine rings is 1. The first-order chi connectivity index (χ1) is 23.2. The van der Waals surface area contributed by atoms with Crippen LogP contribution in [0.4, 0.5) is 4.79 Å². The van der Waals surface area contributed by atoms with Gasteiger partial charge in [-0.2, -0.15) is 0 Å². The van der Waals surface area contributed by atoms with Crippen molar-refractivity contribution in [3.63, 3.8) is 0 Å². The molecule has 0 aromatic heterocycles. The first kappa shape index (κ1) is 35.0. The number of nitrogens with zero attached hydrogens (tertiary/aromatic N) is 1. The third kappa shape index (κ3) is 9.62. The molecule has 5 rings (SSSR count). The number of carbonyl (C=O) groups excluding carboxylic acids is 1. The number of hydrogen-bond acceptors (Lipinski definition) is 9. The predicted octanol–water partition coefficient (Wildman–Crippen LogP) is 7.74. The van der Waals surface area contributed by atoms with Crippen molar-refractivity contribution < 1.29 is 38.1 Å². The fraction of sp³-hybridized carbons (Fsp3) is 0.410. The second kappa shape index (κ2) is 16.7. The molecule has 1 aliphatic rings. The van der Waals surface area contributed by atoms with Crippen molar-refractivity contribution in [1.29, 1.82) is 0 Å². The summed E-state index contributed by atoms with van der Waals surface area (Å²) in [6.45, 7) is 8.25. The Bertz CT molecular complexity index is 1600. The Morgan fingerprint density at radius 3 is 2.29 bits per heavy atom.